The van der Waals surface area contributed by atoms with Crippen LogP contribution in [-0.2, 0) is 11.3 Å². The molecule has 0 saturated heterocycles. The Morgan fingerprint density at radius 3 is 2.58 bits per heavy atom. The summed E-state index contributed by atoms with van der Waals surface area (Å²) in [6.45, 7) is 7.77. The number of nitrogens with two attached hydrogens (primary N) is 1. The van der Waals surface area contributed by atoms with E-state index in [4.69, 9.17) is 15.2 Å². The van der Waals surface area contributed by atoms with Crippen LogP contribution in [0.15, 0.2) is 6.20 Å². The van der Waals surface area contributed by atoms with Gasteiger partial charge in [0, 0.05) is 13.2 Å². The highest BCUT2D eigenvalue weighted by Crippen LogP contribution is 2.28. The topological polar surface area (TPSA) is 62.3 Å². The van der Waals surface area contributed by atoms with E-state index in [2.05, 4.69) is 18.9 Å². The van der Waals surface area contributed by atoms with Crippen molar-refractivity contribution in [2.24, 2.45) is 5.73 Å². The molecule has 0 saturated carbocycles. The van der Waals surface area contributed by atoms with Crippen molar-refractivity contribution >= 4 is 0 Å². The van der Waals surface area contributed by atoms with Crippen molar-refractivity contribution < 1.29 is 9.47 Å². The molecule has 0 aliphatic carbocycles. The van der Waals surface area contributed by atoms with E-state index in [1.54, 1.807) is 13.3 Å². The first-order valence-corrected chi connectivity index (χ1v) is 7.16. The average Bonchev–Trinajstić information content (AvgIpc) is 2.81. The number of nitrogens with zero attached hydrogens (tertiary/aromatic N) is 2. The first kappa shape index (κ1) is 16.0. The molecule has 0 aliphatic heterocycles. The van der Waals surface area contributed by atoms with E-state index in [9.17, 15) is 0 Å². The molecule has 0 fully saturated rings. The molecule has 0 aliphatic rings. The van der Waals surface area contributed by atoms with Crippen molar-refractivity contribution in [3.8, 4) is 5.75 Å². The third-order valence-electron chi connectivity index (χ3n) is 3.17. The van der Waals surface area contributed by atoms with Crippen LogP contribution < -0.4 is 10.5 Å². The molecule has 2 atom stereocenters. The van der Waals surface area contributed by atoms with Gasteiger partial charge in [-0.1, -0.05) is 20.3 Å². The summed E-state index contributed by atoms with van der Waals surface area (Å²) < 4.78 is 13.1. The zero-order valence-electron chi connectivity index (χ0n) is 12.6. The van der Waals surface area contributed by atoms with Crippen LogP contribution in [0.3, 0.4) is 0 Å². The van der Waals surface area contributed by atoms with Crippen molar-refractivity contribution in [2.75, 3.05) is 13.7 Å². The van der Waals surface area contributed by atoms with Crippen molar-refractivity contribution in [3.63, 3.8) is 0 Å². The normalized spacial score (nSPS) is 14.4. The molecule has 0 radical (unpaired) electrons. The second-order valence-corrected chi connectivity index (χ2v) is 4.63. The molecule has 1 heterocycles. The third kappa shape index (κ3) is 3.94. The predicted octanol–water partition coefficient (Wildman–Crippen LogP) is 2.51. The smallest absolute Gasteiger partial charge is 0.161 e. The van der Waals surface area contributed by atoms with E-state index >= 15 is 0 Å². The number of ether oxygens (including phenoxy) is 2. The van der Waals surface area contributed by atoms with Gasteiger partial charge in [-0.3, -0.25) is 4.68 Å². The van der Waals surface area contributed by atoms with Gasteiger partial charge in [-0.2, -0.15) is 5.10 Å². The number of hydrogen-bond donors (Lipinski definition) is 1. The van der Waals surface area contributed by atoms with Gasteiger partial charge in [0.25, 0.3) is 0 Å². The number of methoxy groups -OCH3 is 1. The molecule has 19 heavy (non-hydrogen) atoms. The maximum Gasteiger partial charge on any atom is 0.161 e. The Bertz CT molecular complexity index is 360. The summed E-state index contributed by atoms with van der Waals surface area (Å²) in [6, 6.07) is -0.205. The van der Waals surface area contributed by atoms with E-state index in [0.717, 1.165) is 37.3 Å². The van der Waals surface area contributed by atoms with Crippen molar-refractivity contribution in [3.05, 3.63) is 11.9 Å². The highest BCUT2D eigenvalue weighted by molar-refractivity contribution is 5.29. The van der Waals surface area contributed by atoms with E-state index in [1.165, 1.54) is 0 Å². The van der Waals surface area contributed by atoms with Crippen LogP contribution in [0.1, 0.15) is 51.8 Å². The lowest BCUT2D eigenvalue weighted by Gasteiger charge is -2.25. The van der Waals surface area contributed by atoms with Gasteiger partial charge in [-0.05, 0) is 19.8 Å². The molecule has 2 unspecified atom stereocenters. The fourth-order valence-corrected chi connectivity index (χ4v) is 2.30. The number of aromatic nitrogens is 2. The predicted molar refractivity (Wildman–Crippen MR) is 76.3 cm³/mol. The van der Waals surface area contributed by atoms with Crippen LogP contribution in [0.25, 0.3) is 0 Å². The number of rotatable bonds is 9. The molecule has 0 aromatic carbocycles. The first-order valence-electron chi connectivity index (χ1n) is 7.16. The molecular formula is C14H27N3O2. The van der Waals surface area contributed by atoms with E-state index in [-0.39, 0.29) is 12.1 Å². The number of hydrogen-bond acceptors (Lipinski definition) is 4. The van der Waals surface area contributed by atoms with Gasteiger partial charge < -0.3 is 15.2 Å². The molecule has 5 heteroatoms. The second kappa shape index (κ2) is 8.17. The van der Waals surface area contributed by atoms with E-state index in [1.807, 2.05) is 11.6 Å². The Hall–Kier alpha value is -1.07. The van der Waals surface area contributed by atoms with E-state index < -0.39 is 0 Å². The summed E-state index contributed by atoms with van der Waals surface area (Å²) in [5, 5.41) is 4.36. The summed E-state index contributed by atoms with van der Waals surface area (Å²) in [5.41, 5.74) is 7.34. The molecule has 0 bridgehead atoms. The van der Waals surface area contributed by atoms with Gasteiger partial charge in [-0.15, -0.1) is 0 Å². The lowest BCUT2D eigenvalue weighted by atomic mass is 10.0. The van der Waals surface area contributed by atoms with Crippen molar-refractivity contribution in [1.82, 2.24) is 9.78 Å². The Balaban J connectivity index is 2.99. The zero-order chi connectivity index (χ0) is 14.3. The van der Waals surface area contributed by atoms with Crippen LogP contribution in [0.4, 0.5) is 0 Å². The monoisotopic (exact) mass is 269 g/mol. The van der Waals surface area contributed by atoms with Crippen LogP contribution in [0, 0.1) is 0 Å². The minimum atomic E-state index is -0.205. The maximum absolute atomic E-state index is 6.40. The van der Waals surface area contributed by atoms with Gasteiger partial charge in [0.15, 0.2) is 5.75 Å². The van der Waals surface area contributed by atoms with Gasteiger partial charge in [0.2, 0.25) is 0 Å². The largest absolute Gasteiger partial charge is 0.493 e. The fourth-order valence-electron chi connectivity index (χ4n) is 2.30. The van der Waals surface area contributed by atoms with Crippen LogP contribution in [-0.4, -0.2) is 29.6 Å². The molecule has 1 aromatic heterocycles. The number of aryl methyl sites for hydroxylation is 1. The molecule has 5 nitrogen and oxygen atoms in total. The molecular weight excluding hydrogens is 242 g/mol. The van der Waals surface area contributed by atoms with Crippen LogP contribution in [0.2, 0.25) is 0 Å². The van der Waals surface area contributed by atoms with Gasteiger partial charge in [0.1, 0.15) is 0 Å². The Morgan fingerprint density at radius 1 is 1.32 bits per heavy atom. The quantitative estimate of drug-likeness (QED) is 0.748. The van der Waals surface area contributed by atoms with Crippen molar-refractivity contribution in [2.45, 2.75) is 58.7 Å². The third-order valence-corrected chi connectivity index (χ3v) is 3.17. The van der Waals surface area contributed by atoms with E-state index in [0.29, 0.717) is 6.61 Å². The molecule has 1 rings (SSSR count). The van der Waals surface area contributed by atoms with Crippen molar-refractivity contribution in [1.29, 1.82) is 0 Å². The summed E-state index contributed by atoms with van der Waals surface area (Å²) in [6.07, 6.45) is 4.74. The Kier molecular flexibility index (Phi) is 6.87. The first-order chi connectivity index (χ1) is 9.19. The maximum atomic E-state index is 6.40. The van der Waals surface area contributed by atoms with Crippen LogP contribution in [0.5, 0.6) is 5.75 Å². The minimum Gasteiger partial charge on any atom is -0.493 e. The zero-order valence-corrected chi connectivity index (χ0v) is 12.6. The molecule has 0 spiro atoms. The molecule has 2 N–H and O–H groups in total. The van der Waals surface area contributed by atoms with Gasteiger partial charge >= 0.3 is 0 Å². The molecule has 0 amide bonds. The molecule has 110 valence electrons. The highest BCUT2D eigenvalue weighted by atomic mass is 16.5. The lowest BCUT2D eigenvalue weighted by molar-refractivity contribution is 0.0348. The standard InChI is InChI=1S/C14H27N3O2/c1-5-8-11(19-7-3)13(15)14-12(18-4)10-16-17(14)9-6-2/h10-11,13H,5-9,15H2,1-4H3. The summed E-state index contributed by atoms with van der Waals surface area (Å²) >= 11 is 0. The molecule has 1 aromatic rings. The second-order valence-electron chi connectivity index (χ2n) is 4.63. The van der Waals surface area contributed by atoms with Gasteiger partial charge in [-0.25, -0.2) is 0 Å². The minimum absolute atomic E-state index is 0.0104. The summed E-state index contributed by atoms with van der Waals surface area (Å²) in [4.78, 5) is 0. The summed E-state index contributed by atoms with van der Waals surface area (Å²) in [5.74, 6) is 0.752. The highest BCUT2D eigenvalue weighted by Gasteiger charge is 2.26. The lowest BCUT2D eigenvalue weighted by Crippen LogP contribution is -2.31. The fraction of sp³-hybridized carbons (Fsp3) is 0.786. The Labute approximate surface area is 116 Å². The SMILES string of the molecule is CCCC(OCC)C(N)c1c(OC)cnn1CCC. The van der Waals surface area contributed by atoms with Crippen LogP contribution >= 0.6 is 0 Å². The van der Waals surface area contributed by atoms with Gasteiger partial charge in [0.05, 0.1) is 31.1 Å². The average molecular weight is 269 g/mol. The summed E-state index contributed by atoms with van der Waals surface area (Å²) in [7, 11) is 1.65. The Morgan fingerprint density at radius 2 is 2.05 bits per heavy atom.